The summed E-state index contributed by atoms with van der Waals surface area (Å²) in [5.74, 6) is 2.10. The predicted octanol–water partition coefficient (Wildman–Crippen LogP) is 6.03. The van der Waals surface area contributed by atoms with Gasteiger partial charge < -0.3 is 9.47 Å². The van der Waals surface area contributed by atoms with Crippen molar-refractivity contribution in [2.24, 2.45) is 17.8 Å². The summed E-state index contributed by atoms with van der Waals surface area (Å²) in [5.41, 5.74) is 1.14. The smallest absolute Gasteiger partial charge is 0.140 e. The Hall–Kier alpha value is -1.19. The Labute approximate surface area is 172 Å². The molecular weight excluding hydrogens is 348 g/mol. The van der Waals surface area contributed by atoms with Crippen molar-refractivity contribution in [3.63, 3.8) is 0 Å². The molecule has 3 heteroatoms. The highest BCUT2D eigenvalue weighted by Gasteiger charge is 2.24. The molecule has 1 atom stereocenters. The van der Waals surface area contributed by atoms with E-state index in [0.717, 1.165) is 44.1 Å². The molecule has 28 heavy (non-hydrogen) atoms. The molecule has 0 spiro atoms. The number of rotatable bonds is 13. The van der Waals surface area contributed by atoms with Gasteiger partial charge in [0.15, 0.2) is 0 Å². The molecule has 0 bridgehead atoms. The Kier molecular flexibility index (Phi) is 10.8. The molecule has 1 aromatic rings. The maximum atomic E-state index is 12.7. The Balaban J connectivity index is 1.59. The number of carbonyl (C=O) groups excluding carboxylic acids is 1. The van der Waals surface area contributed by atoms with E-state index in [2.05, 4.69) is 32.9 Å². The van der Waals surface area contributed by atoms with Crippen molar-refractivity contribution >= 4 is 5.78 Å². The van der Waals surface area contributed by atoms with E-state index in [1.165, 1.54) is 25.7 Å². The van der Waals surface area contributed by atoms with Crippen molar-refractivity contribution in [1.82, 2.24) is 0 Å². The Morgan fingerprint density at radius 3 is 2.07 bits per heavy atom. The van der Waals surface area contributed by atoms with E-state index < -0.39 is 0 Å². The van der Waals surface area contributed by atoms with E-state index in [1.54, 1.807) is 0 Å². The highest BCUT2D eigenvalue weighted by atomic mass is 16.5. The molecule has 0 amide bonds. The summed E-state index contributed by atoms with van der Waals surface area (Å²) in [6.45, 7) is 9.80. The molecule has 1 aliphatic rings. The molecule has 1 fully saturated rings. The van der Waals surface area contributed by atoms with Crippen LogP contribution in [0.25, 0.3) is 0 Å². The molecule has 2 rings (SSSR count). The monoisotopic (exact) mass is 388 g/mol. The summed E-state index contributed by atoms with van der Waals surface area (Å²) >= 11 is 0. The van der Waals surface area contributed by atoms with Crippen molar-refractivity contribution in [2.45, 2.75) is 71.6 Å². The second kappa shape index (κ2) is 13.1. The van der Waals surface area contributed by atoms with Crippen LogP contribution in [0.3, 0.4) is 0 Å². The van der Waals surface area contributed by atoms with Crippen molar-refractivity contribution in [3.8, 4) is 0 Å². The van der Waals surface area contributed by atoms with Crippen molar-refractivity contribution < 1.29 is 14.3 Å². The first-order chi connectivity index (χ1) is 13.6. The van der Waals surface area contributed by atoms with E-state index >= 15 is 0 Å². The minimum Gasteiger partial charge on any atom is -0.381 e. The summed E-state index contributed by atoms with van der Waals surface area (Å²) in [4.78, 5) is 12.7. The zero-order valence-corrected chi connectivity index (χ0v) is 18.2. The summed E-state index contributed by atoms with van der Waals surface area (Å²) in [6, 6.07) is 10.2. The Bertz CT molecular complexity index is 532. The molecule has 158 valence electrons. The van der Waals surface area contributed by atoms with Crippen LogP contribution in [0.2, 0.25) is 0 Å². The standard InChI is InChI=1S/C25H40O3/c1-4-16-27-18-21-12-14-22(15-13-21)19-28-17-8-11-24(26)25(20(2)3)23-9-6-5-7-10-23/h5-7,9-10,20-22,25H,4,8,11-19H2,1-3H3. The summed E-state index contributed by atoms with van der Waals surface area (Å²) in [6.07, 6.45) is 7.58. The van der Waals surface area contributed by atoms with E-state index in [1.807, 2.05) is 18.2 Å². The average Bonchev–Trinajstić information content (AvgIpc) is 2.70. The molecule has 3 nitrogen and oxygen atoms in total. The number of ketones is 1. The lowest BCUT2D eigenvalue weighted by molar-refractivity contribution is -0.121. The van der Waals surface area contributed by atoms with Gasteiger partial charge in [0.05, 0.1) is 0 Å². The lowest BCUT2D eigenvalue weighted by Gasteiger charge is -2.28. The second-order valence-electron chi connectivity index (χ2n) is 8.74. The normalized spacial score (nSPS) is 21.0. The summed E-state index contributed by atoms with van der Waals surface area (Å²) < 4.78 is 11.6. The molecule has 1 saturated carbocycles. The maximum absolute atomic E-state index is 12.7. The fourth-order valence-corrected chi connectivity index (χ4v) is 4.32. The molecule has 0 radical (unpaired) electrons. The third kappa shape index (κ3) is 8.05. The van der Waals surface area contributed by atoms with E-state index in [4.69, 9.17) is 9.47 Å². The fraction of sp³-hybridized carbons (Fsp3) is 0.720. The second-order valence-corrected chi connectivity index (χ2v) is 8.74. The zero-order valence-electron chi connectivity index (χ0n) is 18.2. The fourth-order valence-electron chi connectivity index (χ4n) is 4.32. The maximum Gasteiger partial charge on any atom is 0.140 e. The molecule has 1 unspecified atom stereocenters. The molecule has 0 aliphatic heterocycles. The molecule has 1 aromatic carbocycles. The summed E-state index contributed by atoms with van der Waals surface area (Å²) in [5, 5.41) is 0. The van der Waals surface area contributed by atoms with Gasteiger partial charge in [-0.2, -0.15) is 0 Å². The largest absolute Gasteiger partial charge is 0.381 e. The first-order valence-corrected chi connectivity index (χ1v) is 11.3. The number of benzene rings is 1. The molecule has 0 heterocycles. The molecule has 0 saturated heterocycles. The van der Waals surface area contributed by atoms with Crippen molar-refractivity contribution in [2.75, 3.05) is 26.4 Å². The van der Waals surface area contributed by atoms with Gasteiger partial charge in [0.1, 0.15) is 5.78 Å². The van der Waals surface area contributed by atoms with Crippen LogP contribution in [0.4, 0.5) is 0 Å². The number of carbonyl (C=O) groups is 1. The Morgan fingerprint density at radius 1 is 0.964 bits per heavy atom. The van der Waals surface area contributed by atoms with Crippen molar-refractivity contribution in [1.29, 1.82) is 0 Å². The van der Waals surface area contributed by atoms with Gasteiger partial charge in [0.25, 0.3) is 0 Å². The molecule has 1 aliphatic carbocycles. The number of hydrogen-bond acceptors (Lipinski definition) is 3. The molecule has 0 aromatic heterocycles. The van der Waals surface area contributed by atoms with Crippen LogP contribution in [0.1, 0.15) is 77.2 Å². The molecule has 0 N–H and O–H groups in total. The number of hydrogen-bond donors (Lipinski definition) is 0. The SMILES string of the molecule is CCCOCC1CCC(COCCCC(=O)C(c2ccccc2)C(C)C)CC1. The quantitative estimate of drug-likeness (QED) is 0.387. The zero-order chi connectivity index (χ0) is 20.2. The molecular formula is C25H40O3. The van der Waals surface area contributed by atoms with Gasteiger partial charge in [0.2, 0.25) is 0 Å². The van der Waals surface area contributed by atoms with Crippen LogP contribution in [0, 0.1) is 17.8 Å². The number of Topliss-reactive ketones (excluding diaryl/α,β-unsaturated/α-hetero) is 1. The van der Waals surface area contributed by atoms with Gasteiger partial charge in [-0.15, -0.1) is 0 Å². The average molecular weight is 389 g/mol. The van der Waals surface area contributed by atoms with Crippen LogP contribution in [-0.4, -0.2) is 32.2 Å². The van der Waals surface area contributed by atoms with Gasteiger partial charge in [-0.05, 0) is 61.8 Å². The van der Waals surface area contributed by atoms with Crippen LogP contribution in [0.15, 0.2) is 30.3 Å². The van der Waals surface area contributed by atoms with Gasteiger partial charge in [-0.1, -0.05) is 51.1 Å². The highest BCUT2D eigenvalue weighted by Crippen LogP contribution is 2.29. The first-order valence-electron chi connectivity index (χ1n) is 11.3. The minimum atomic E-state index is 0.00593. The Morgan fingerprint density at radius 2 is 1.54 bits per heavy atom. The summed E-state index contributed by atoms with van der Waals surface area (Å²) in [7, 11) is 0. The van der Waals surface area contributed by atoms with Crippen LogP contribution in [0.5, 0.6) is 0 Å². The van der Waals surface area contributed by atoms with Crippen LogP contribution >= 0.6 is 0 Å². The highest BCUT2D eigenvalue weighted by molar-refractivity contribution is 5.86. The van der Waals surface area contributed by atoms with Crippen LogP contribution in [-0.2, 0) is 14.3 Å². The topological polar surface area (TPSA) is 35.5 Å². The number of ether oxygens (including phenoxy) is 2. The lowest BCUT2D eigenvalue weighted by atomic mass is 9.83. The predicted molar refractivity (Wildman–Crippen MR) is 116 cm³/mol. The van der Waals surface area contributed by atoms with Gasteiger partial charge in [-0.3, -0.25) is 4.79 Å². The van der Waals surface area contributed by atoms with E-state index in [0.29, 0.717) is 30.6 Å². The third-order valence-electron chi connectivity index (χ3n) is 5.91. The van der Waals surface area contributed by atoms with Gasteiger partial charge in [0, 0.05) is 38.8 Å². The van der Waals surface area contributed by atoms with Crippen LogP contribution < -0.4 is 0 Å². The minimum absolute atomic E-state index is 0.00593. The van der Waals surface area contributed by atoms with Gasteiger partial charge >= 0.3 is 0 Å². The lowest BCUT2D eigenvalue weighted by Crippen LogP contribution is -2.22. The third-order valence-corrected chi connectivity index (χ3v) is 5.91. The van der Waals surface area contributed by atoms with Gasteiger partial charge in [-0.25, -0.2) is 0 Å². The first kappa shape index (κ1) is 23.1. The van der Waals surface area contributed by atoms with E-state index in [9.17, 15) is 4.79 Å². The van der Waals surface area contributed by atoms with Crippen molar-refractivity contribution in [3.05, 3.63) is 35.9 Å². The van der Waals surface area contributed by atoms with E-state index in [-0.39, 0.29) is 5.92 Å².